The fourth-order valence-corrected chi connectivity index (χ4v) is 1.64. The van der Waals surface area contributed by atoms with Gasteiger partial charge in [-0.25, -0.2) is 0 Å². The first kappa shape index (κ1) is 10.5. The molecular formula is C9H13N5O2. The van der Waals surface area contributed by atoms with Crippen molar-refractivity contribution in [2.75, 3.05) is 12.3 Å². The molecule has 1 atom stereocenters. The second kappa shape index (κ2) is 3.84. The zero-order valence-electron chi connectivity index (χ0n) is 8.86. The number of hydrogen-bond acceptors (Lipinski definition) is 4. The Bertz CT molecular complexity index is 439. The molecule has 2 amide bonds. The number of amides is 2. The summed E-state index contributed by atoms with van der Waals surface area (Å²) in [5.41, 5.74) is 6.14. The van der Waals surface area contributed by atoms with E-state index in [2.05, 4.69) is 15.7 Å². The van der Waals surface area contributed by atoms with Crippen molar-refractivity contribution in [1.82, 2.24) is 20.4 Å². The van der Waals surface area contributed by atoms with E-state index in [-0.39, 0.29) is 23.6 Å². The van der Waals surface area contributed by atoms with Crippen LogP contribution in [0.15, 0.2) is 6.20 Å². The molecule has 1 unspecified atom stereocenters. The van der Waals surface area contributed by atoms with E-state index in [1.54, 1.807) is 13.2 Å². The summed E-state index contributed by atoms with van der Waals surface area (Å²) < 4.78 is 1.47. The third kappa shape index (κ3) is 1.97. The number of carbonyl (C=O) groups is 2. The standard InChI is InChI=1S/C9H13N5O2/c1-14-4-6(10)8(13-14)9(16)12-5-2-7(15)11-3-5/h4-5H,2-3,10H2,1H3,(H,11,15)(H,12,16). The molecule has 2 rings (SSSR count). The van der Waals surface area contributed by atoms with Gasteiger partial charge in [-0.05, 0) is 0 Å². The first-order chi connectivity index (χ1) is 7.56. The monoisotopic (exact) mass is 223 g/mol. The largest absolute Gasteiger partial charge is 0.396 e. The maximum absolute atomic E-state index is 11.7. The van der Waals surface area contributed by atoms with Gasteiger partial charge in [0.05, 0.1) is 11.7 Å². The second-order valence-corrected chi connectivity index (χ2v) is 3.79. The van der Waals surface area contributed by atoms with Gasteiger partial charge in [0, 0.05) is 26.2 Å². The molecule has 0 aliphatic carbocycles. The number of anilines is 1. The lowest BCUT2D eigenvalue weighted by Gasteiger charge is -2.08. The maximum atomic E-state index is 11.7. The van der Waals surface area contributed by atoms with Gasteiger partial charge in [0.1, 0.15) is 0 Å². The molecule has 1 aliphatic rings. The van der Waals surface area contributed by atoms with Crippen molar-refractivity contribution in [3.05, 3.63) is 11.9 Å². The second-order valence-electron chi connectivity index (χ2n) is 3.79. The molecule has 4 N–H and O–H groups in total. The van der Waals surface area contributed by atoms with Crippen molar-refractivity contribution in [3.8, 4) is 0 Å². The molecule has 16 heavy (non-hydrogen) atoms. The van der Waals surface area contributed by atoms with Gasteiger partial charge in [-0.1, -0.05) is 0 Å². The number of carbonyl (C=O) groups excluding carboxylic acids is 2. The summed E-state index contributed by atoms with van der Waals surface area (Å²) >= 11 is 0. The summed E-state index contributed by atoms with van der Waals surface area (Å²) in [4.78, 5) is 22.7. The Morgan fingerprint density at radius 3 is 3.00 bits per heavy atom. The van der Waals surface area contributed by atoms with Crippen LogP contribution >= 0.6 is 0 Å². The van der Waals surface area contributed by atoms with Crippen molar-refractivity contribution >= 4 is 17.5 Å². The zero-order valence-corrected chi connectivity index (χ0v) is 8.86. The minimum Gasteiger partial charge on any atom is -0.396 e. The van der Waals surface area contributed by atoms with Crippen LogP contribution in [0.4, 0.5) is 5.69 Å². The smallest absolute Gasteiger partial charge is 0.274 e. The third-order valence-electron chi connectivity index (χ3n) is 2.38. The van der Waals surface area contributed by atoms with Gasteiger partial charge in [-0.3, -0.25) is 14.3 Å². The fraction of sp³-hybridized carbons (Fsp3) is 0.444. The van der Waals surface area contributed by atoms with Crippen LogP contribution < -0.4 is 16.4 Å². The van der Waals surface area contributed by atoms with Crippen LogP contribution in [0.1, 0.15) is 16.9 Å². The molecule has 2 heterocycles. The van der Waals surface area contributed by atoms with E-state index in [0.717, 1.165) is 0 Å². The SMILES string of the molecule is Cn1cc(N)c(C(=O)NC2CNC(=O)C2)n1. The summed E-state index contributed by atoms with van der Waals surface area (Å²) in [6, 6.07) is -0.179. The van der Waals surface area contributed by atoms with E-state index in [1.807, 2.05) is 0 Å². The van der Waals surface area contributed by atoms with Crippen LogP contribution in [0, 0.1) is 0 Å². The Morgan fingerprint density at radius 2 is 2.50 bits per heavy atom. The van der Waals surface area contributed by atoms with Gasteiger partial charge >= 0.3 is 0 Å². The van der Waals surface area contributed by atoms with Gasteiger partial charge in [-0.15, -0.1) is 0 Å². The zero-order chi connectivity index (χ0) is 11.7. The molecule has 1 aromatic rings. The van der Waals surface area contributed by atoms with E-state index in [4.69, 9.17) is 5.73 Å². The van der Waals surface area contributed by atoms with E-state index >= 15 is 0 Å². The van der Waals surface area contributed by atoms with Crippen molar-refractivity contribution < 1.29 is 9.59 Å². The van der Waals surface area contributed by atoms with E-state index in [1.165, 1.54) is 4.68 Å². The molecule has 1 aliphatic heterocycles. The topological polar surface area (TPSA) is 102 Å². The molecule has 7 heteroatoms. The predicted molar refractivity (Wildman–Crippen MR) is 56.5 cm³/mol. The number of aryl methyl sites for hydroxylation is 1. The lowest BCUT2D eigenvalue weighted by Crippen LogP contribution is -2.36. The lowest BCUT2D eigenvalue weighted by atomic mass is 10.2. The van der Waals surface area contributed by atoms with E-state index in [9.17, 15) is 9.59 Å². The average Bonchev–Trinajstić information content (AvgIpc) is 2.73. The highest BCUT2D eigenvalue weighted by atomic mass is 16.2. The van der Waals surface area contributed by atoms with Crippen LogP contribution in [-0.4, -0.2) is 34.2 Å². The highest BCUT2D eigenvalue weighted by Gasteiger charge is 2.24. The Hall–Kier alpha value is -2.05. The number of rotatable bonds is 2. The van der Waals surface area contributed by atoms with E-state index < -0.39 is 0 Å². The molecule has 0 bridgehead atoms. The summed E-state index contributed by atoms with van der Waals surface area (Å²) in [6.07, 6.45) is 1.87. The average molecular weight is 223 g/mol. The number of nitrogens with one attached hydrogen (secondary N) is 2. The van der Waals surface area contributed by atoms with Crippen molar-refractivity contribution in [2.45, 2.75) is 12.5 Å². The van der Waals surface area contributed by atoms with Crippen LogP contribution in [0.2, 0.25) is 0 Å². The molecular weight excluding hydrogens is 210 g/mol. The molecule has 0 saturated carbocycles. The number of nitrogens with two attached hydrogens (primary N) is 1. The Labute approximate surface area is 92.0 Å². The van der Waals surface area contributed by atoms with Crippen LogP contribution in [0.5, 0.6) is 0 Å². The normalized spacial score (nSPS) is 19.6. The molecule has 1 fully saturated rings. The fourth-order valence-electron chi connectivity index (χ4n) is 1.64. The minimum absolute atomic E-state index is 0.0562. The summed E-state index contributed by atoms with van der Waals surface area (Å²) in [7, 11) is 1.69. The highest BCUT2D eigenvalue weighted by molar-refractivity contribution is 5.97. The quantitative estimate of drug-likeness (QED) is 0.575. The van der Waals surface area contributed by atoms with Gasteiger partial charge < -0.3 is 16.4 Å². The van der Waals surface area contributed by atoms with Crippen LogP contribution in [-0.2, 0) is 11.8 Å². The molecule has 7 nitrogen and oxygen atoms in total. The number of aromatic nitrogens is 2. The molecule has 0 aromatic carbocycles. The molecule has 1 aromatic heterocycles. The summed E-state index contributed by atoms with van der Waals surface area (Å²) in [5, 5.41) is 9.28. The summed E-state index contributed by atoms with van der Waals surface area (Å²) in [6.45, 7) is 0.456. The molecule has 1 saturated heterocycles. The number of nitrogens with zero attached hydrogens (tertiary/aromatic N) is 2. The van der Waals surface area contributed by atoms with Crippen LogP contribution in [0.25, 0.3) is 0 Å². The Kier molecular flexibility index (Phi) is 2.51. The van der Waals surface area contributed by atoms with Gasteiger partial charge in [0.25, 0.3) is 5.91 Å². The highest BCUT2D eigenvalue weighted by Crippen LogP contribution is 2.09. The third-order valence-corrected chi connectivity index (χ3v) is 2.38. The molecule has 0 radical (unpaired) electrons. The van der Waals surface area contributed by atoms with Gasteiger partial charge in [-0.2, -0.15) is 5.10 Å². The molecule has 86 valence electrons. The number of hydrogen-bond donors (Lipinski definition) is 3. The van der Waals surface area contributed by atoms with Gasteiger partial charge in [0.15, 0.2) is 5.69 Å². The number of nitrogen functional groups attached to an aromatic ring is 1. The Morgan fingerprint density at radius 1 is 1.75 bits per heavy atom. The van der Waals surface area contributed by atoms with Crippen molar-refractivity contribution in [1.29, 1.82) is 0 Å². The van der Waals surface area contributed by atoms with E-state index in [0.29, 0.717) is 18.7 Å². The van der Waals surface area contributed by atoms with Crippen molar-refractivity contribution in [3.63, 3.8) is 0 Å². The molecule has 0 spiro atoms. The predicted octanol–water partition coefficient (Wildman–Crippen LogP) is -1.38. The lowest BCUT2D eigenvalue weighted by molar-refractivity contribution is -0.119. The van der Waals surface area contributed by atoms with Crippen molar-refractivity contribution in [2.24, 2.45) is 7.05 Å². The summed E-state index contributed by atoms with van der Waals surface area (Å²) in [5.74, 6) is -0.404. The first-order valence-electron chi connectivity index (χ1n) is 4.93. The minimum atomic E-state index is -0.348. The maximum Gasteiger partial charge on any atom is 0.274 e. The Balaban J connectivity index is 2.03. The first-order valence-corrected chi connectivity index (χ1v) is 4.93. The van der Waals surface area contributed by atoms with Gasteiger partial charge in [0.2, 0.25) is 5.91 Å². The van der Waals surface area contributed by atoms with Crippen LogP contribution in [0.3, 0.4) is 0 Å².